The largest absolute Gasteiger partial charge is 0.508 e. The third-order valence-electron chi connectivity index (χ3n) is 7.35. The van der Waals surface area contributed by atoms with Gasteiger partial charge in [-0.2, -0.15) is 13.2 Å². The minimum Gasteiger partial charge on any atom is -0.508 e. The minimum absolute atomic E-state index is 0.00321. The zero-order valence-corrected chi connectivity index (χ0v) is 23.9. The van der Waals surface area contributed by atoms with E-state index in [1.54, 1.807) is 6.07 Å². The number of halogens is 4. The van der Waals surface area contributed by atoms with E-state index in [4.69, 9.17) is 0 Å². The number of nitrogens with one attached hydrogen (secondary N) is 1. The Kier molecular flexibility index (Phi) is 12.5. The lowest BCUT2D eigenvalue weighted by atomic mass is 9.89. The molecule has 0 atom stereocenters. The Balaban J connectivity index is 1.39. The number of aryl methyl sites for hydroxylation is 1. The van der Waals surface area contributed by atoms with Gasteiger partial charge in [0, 0.05) is 6.42 Å². The molecule has 0 radical (unpaired) electrons. The molecule has 0 amide bonds. The molecule has 0 fully saturated rings. The van der Waals surface area contributed by atoms with E-state index in [1.165, 1.54) is 28.8 Å². The second-order valence-corrected chi connectivity index (χ2v) is 13.0. The van der Waals surface area contributed by atoms with Gasteiger partial charge in [-0.1, -0.05) is 31.0 Å². The van der Waals surface area contributed by atoms with Crippen LogP contribution in [0.2, 0.25) is 0 Å². The average Bonchev–Trinajstić information content (AvgIpc) is 3.06. The highest BCUT2D eigenvalue weighted by Crippen LogP contribution is 2.39. The van der Waals surface area contributed by atoms with Crippen molar-refractivity contribution in [2.24, 2.45) is 0 Å². The van der Waals surface area contributed by atoms with Gasteiger partial charge in [0.05, 0.1) is 11.5 Å². The fraction of sp³-hybridized carbons (Fsp3) is 0.548. The summed E-state index contributed by atoms with van der Waals surface area (Å²) < 4.78 is 74.1. The zero-order chi connectivity index (χ0) is 29.0. The molecule has 0 saturated heterocycles. The molecule has 2 N–H and O–H groups in total. The molecule has 40 heavy (non-hydrogen) atoms. The maximum absolute atomic E-state index is 13.6. The number of rotatable bonds is 16. The van der Waals surface area contributed by atoms with E-state index in [9.17, 15) is 31.1 Å². The van der Waals surface area contributed by atoms with Crippen molar-refractivity contribution in [3.05, 3.63) is 65.0 Å². The Morgan fingerprint density at radius 2 is 1.52 bits per heavy atom. The molecule has 2 aromatic carbocycles. The molecule has 222 valence electrons. The quantitative estimate of drug-likeness (QED) is 0.156. The van der Waals surface area contributed by atoms with Crippen molar-refractivity contribution >= 4 is 21.0 Å². The normalized spacial score (nSPS) is 14.3. The summed E-state index contributed by atoms with van der Waals surface area (Å²) in [6.45, 7) is 1.36. The maximum atomic E-state index is 13.6. The smallest absolute Gasteiger partial charge is 0.389 e. The van der Waals surface area contributed by atoms with E-state index >= 15 is 0 Å². The molecule has 4 nitrogen and oxygen atoms in total. The molecule has 1 aliphatic carbocycles. The number of alkyl halides is 3. The summed E-state index contributed by atoms with van der Waals surface area (Å²) in [5.74, 6) is -0.167. The number of allylic oxidation sites excluding steroid dienone is 2. The van der Waals surface area contributed by atoms with Crippen molar-refractivity contribution in [1.29, 1.82) is 0 Å². The van der Waals surface area contributed by atoms with Gasteiger partial charge in [-0.15, -0.1) is 0 Å². The van der Waals surface area contributed by atoms with Crippen molar-refractivity contribution < 1.29 is 31.1 Å². The summed E-state index contributed by atoms with van der Waals surface area (Å²) in [5, 5.41) is 13.3. The van der Waals surface area contributed by atoms with E-state index in [0.717, 1.165) is 69.0 Å². The molecule has 0 heterocycles. The summed E-state index contributed by atoms with van der Waals surface area (Å²) in [7, 11) is -3.31. The van der Waals surface area contributed by atoms with Gasteiger partial charge in [0.1, 0.15) is 21.4 Å². The van der Waals surface area contributed by atoms with Gasteiger partial charge in [-0.25, -0.2) is 12.8 Å². The second kappa shape index (κ2) is 15.6. The number of aromatic hydroxyl groups is 1. The third kappa shape index (κ3) is 11.2. The van der Waals surface area contributed by atoms with Crippen LogP contribution in [-0.2, 0) is 16.3 Å². The van der Waals surface area contributed by atoms with Gasteiger partial charge in [0.2, 0.25) is 0 Å². The van der Waals surface area contributed by atoms with Gasteiger partial charge in [-0.05, 0) is 123 Å². The van der Waals surface area contributed by atoms with Crippen LogP contribution in [0.1, 0.15) is 87.3 Å². The third-order valence-corrected chi connectivity index (χ3v) is 9.17. The van der Waals surface area contributed by atoms with Crippen molar-refractivity contribution in [1.82, 2.24) is 5.32 Å². The van der Waals surface area contributed by atoms with Gasteiger partial charge < -0.3 is 10.4 Å². The number of sulfone groups is 1. The van der Waals surface area contributed by atoms with Crippen LogP contribution >= 0.6 is 0 Å². The number of phenols is 1. The predicted molar refractivity (Wildman–Crippen MR) is 153 cm³/mol. The van der Waals surface area contributed by atoms with Crippen LogP contribution in [0.25, 0.3) is 11.1 Å². The van der Waals surface area contributed by atoms with Crippen molar-refractivity contribution in [2.75, 3.05) is 24.6 Å². The SMILES string of the molecule is O=S(=O)(CCCCC(F)(F)F)CCCNCCCCCCC1=C(c2ccc(F)cc2)CCCc2cc(O)ccc21. The minimum atomic E-state index is -4.23. The molecule has 0 aromatic heterocycles. The molecule has 0 spiro atoms. The standard InChI is InChI=1S/C31H41F4NO3S/c32-26-14-12-24(13-15-26)28-11-7-9-25-23-27(37)16-17-29(25)30(28)10-3-1-2-5-19-36-20-8-22-40(38,39)21-6-4-18-31(33,34)35/h12-17,23,36-37H,1-11,18-22H2. The summed E-state index contributed by atoms with van der Waals surface area (Å²) in [5.41, 5.74) is 5.90. The topological polar surface area (TPSA) is 66.4 Å². The molecule has 9 heteroatoms. The van der Waals surface area contributed by atoms with E-state index in [2.05, 4.69) is 5.32 Å². The first kappa shape index (κ1) is 32.1. The Bertz CT molecular complexity index is 1210. The highest BCUT2D eigenvalue weighted by Gasteiger charge is 2.26. The highest BCUT2D eigenvalue weighted by atomic mass is 32.2. The molecule has 0 unspecified atom stereocenters. The number of hydrogen-bond donors (Lipinski definition) is 2. The van der Waals surface area contributed by atoms with Gasteiger partial charge in [0.25, 0.3) is 0 Å². The predicted octanol–water partition coefficient (Wildman–Crippen LogP) is 7.86. The fourth-order valence-electron chi connectivity index (χ4n) is 5.30. The summed E-state index contributed by atoms with van der Waals surface area (Å²) in [4.78, 5) is 0. The van der Waals surface area contributed by atoms with Crippen molar-refractivity contribution in [3.8, 4) is 5.75 Å². The molecule has 0 bridgehead atoms. The van der Waals surface area contributed by atoms with Gasteiger partial charge >= 0.3 is 6.18 Å². The molecular formula is C31H41F4NO3S. The van der Waals surface area contributed by atoms with Crippen molar-refractivity contribution in [3.63, 3.8) is 0 Å². The van der Waals surface area contributed by atoms with E-state index in [1.807, 2.05) is 24.3 Å². The van der Waals surface area contributed by atoms with Crippen LogP contribution in [0.4, 0.5) is 17.6 Å². The van der Waals surface area contributed by atoms with E-state index in [0.29, 0.717) is 13.0 Å². The summed E-state index contributed by atoms with van der Waals surface area (Å²) in [6.07, 6.45) is 2.91. The van der Waals surface area contributed by atoms with E-state index in [-0.39, 0.29) is 35.9 Å². The highest BCUT2D eigenvalue weighted by molar-refractivity contribution is 7.91. The number of benzene rings is 2. The van der Waals surface area contributed by atoms with Crippen LogP contribution < -0.4 is 5.32 Å². The molecule has 2 aromatic rings. The van der Waals surface area contributed by atoms with Crippen LogP contribution in [0.3, 0.4) is 0 Å². The lowest BCUT2D eigenvalue weighted by Gasteiger charge is -2.16. The molecular weight excluding hydrogens is 542 g/mol. The van der Waals surface area contributed by atoms with Crippen LogP contribution in [0.5, 0.6) is 5.75 Å². The van der Waals surface area contributed by atoms with Gasteiger partial charge in [0.15, 0.2) is 0 Å². The average molecular weight is 584 g/mol. The number of unbranched alkanes of at least 4 members (excludes halogenated alkanes) is 4. The van der Waals surface area contributed by atoms with E-state index < -0.39 is 22.4 Å². The fourth-order valence-corrected chi connectivity index (χ4v) is 6.73. The number of fused-ring (bicyclic) bond motifs is 1. The first-order valence-corrected chi connectivity index (χ1v) is 16.1. The number of phenolic OH excluding ortho intramolecular Hbond substituents is 1. The van der Waals surface area contributed by atoms with Crippen molar-refractivity contribution in [2.45, 2.75) is 83.2 Å². The first-order valence-electron chi connectivity index (χ1n) is 14.3. The Morgan fingerprint density at radius 1 is 0.825 bits per heavy atom. The van der Waals surface area contributed by atoms with Crippen LogP contribution in [-0.4, -0.2) is 44.3 Å². The van der Waals surface area contributed by atoms with Crippen LogP contribution in [0, 0.1) is 5.82 Å². The zero-order valence-electron chi connectivity index (χ0n) is 23.0. The summed E-state index contributed by atoms with van der Waals surface area (Å²) in [6, 6.07) is 12.3. The maximum Gasteiger partial charge on any atom is 0.389 e. The molecule has 1 aliphatic rings. The molecule has 0 saturated carbocycles. The van der Waals surface area contributed by atoms with Gasteiger partial charge in [-0.3, -0.25) is 0 Å². The lowest BCUT2D eigenvalue weighted by Crippen LogP contribution is -2.21. The molecule has 0 aliphatic heterocycles. The Morgan fingerprint density at radius 3 is 2.27 bits per heavy atom. The number of hydrogen-bond acceptors (Lipinski definition) is 4. The Labute approximate surface area is 235 Å². The Hall–Kier alpha value is -2.39. The summed E-state index contributed by atoms with van der Waals surface area (Å²) >= 11 is 0. The lowest BCUT2D eigenvalue weighted by molar-refractivity contribution is -0.135. The first-order chi connectivity index (χ1) is 19.0. The monoisotopic (exact) mass is 583 g/mol. The molecule has 3 rings (SSSR count). The second-order valence-electron chi connectivity index (χ2n) is 10.7. The van der Waals surface area contributed by atoms with Crippen LogP contribution in [0.15, 0.2) is 42.5 Å².